The van der Waals surface area contributed by atoms with Gasteiger partial charge in [-0.1, -0.05) is 340 Å². The van der Waals surface area contributed by atoms with Crippen molar-refractivity contribution < 1.29 is 4.42 Å². The average molecular weight is 1850 g/mol. The van der Waals surface area contributed by atoms with Gasteiger partial charge in [-0.3, -0.25) is 13.7 Å². The summed E-state index contributed by atoms with van der Waals surface area (Å²) >= 11 is 1.85. The summed E-state index contributed by atoms with van der Waals surface area (Å²) in [5, 5.41) is 24.8. The highest BCUT2D eigenvalue weighted by Gasteiger charge is 2.26. The standard InChI is InChI=1S/C48H30N4.C42H25N3O.C42H25N3S/c1-3-13-31(14-4-1)47-41-28-34(35-23-25-39-37-19-9-11-21-43(37)51(45(39)30-35)36-17-5-2-6-18-36)24-26-42(41)49-48(50-47)52-44-22-12-10-20-38(44)40-27-32-15-7-8-16-33(32)29-46(40)52;2*1-2-10-26(11-3-1)41-35-23-29(30-18-20-33-32-15-7-9-17-39(32)46-40(33)25-30)19-21-36(35)43-42(44-41)45-37-16-8-6-14-31(37)34-22-27-12-4-5-13-28(27)24-38(34)45/h1-30H;2*1-25H. The second-order valence-corrected chi connectivity index (χ2v) is 38.2. The monoisotopic (exact) mass is 1850 g/mol. The minimum absolute atomic E-state index is 0.657. The molecule has 0 amide bonds. The van der Waals surface area contributed by atoms with Gasteiger partial charge in [0.1, 0.15) is 11.2 Å². The first kappa shape index (κ1) is 82.0. The lowest BCUT2D eigenvalue weighted by Gasteiger charge is -2.13. The number of para-hydroxylation sites is 6. The topological polar surface area (TPSA) is 110 Å². The third-order valence-corrected chi connectivity index (χ3v) is 30.0. The lowest BCUT2D eigenvalue weighted by Crippen LogP contribution is -2.03. The van der Waals surface area contributed by atoms with Crippen LogP contribution in [0.5, 0.6) is 0 Å². The highest BCUT2D eigenvalue weighted by Crippen LogP contribution is 2.46. The summed E-state index contributed by atoms with van der Waals surface area (Å²) in [5.74, 6) is 1.99. The van der Waals surface area contributed by atoms with Crippen molar-refractivity contribution in [1.29, 1.82) is 0 Å². The number of aromatic nitrogens is 10. The normalized spacial score (nSPS) is 11.9. The van der Waals surface area contributed by atoms with E-state index in [1.807, 2.05) is 29.5 Å². The van der Waals surface area contributed by atoms with E-state index in [-0.39, 0.29) is 0 Å². The van der Waals surface area contributed by atoms with E-state index in [0.29, 0.717) is 17.8 Å². The summed E-state index contributed by atoms with van der Waals surface area (Å²) in [6.07, 6.45) is 0. The van der Waals surface area contributed by atoms with E-state index in [2.05, 4.69) is 485 Å². The number of thiophene rings is 1. The fraction of sp³-hybridized carbons (Fsp3) is 0. The van der Waals surface area contributed by atoms with Gasteiger partial charge in [-0.05, 0) is 211 Å². The fourth-order valence-electron chi connectivity index (χ4n) is 22.1. The quantitative estimate of drug-likeness (QED) is 0.134. The van der Waals surface area contributed by atoms with E-state index < -0.39 is 0 Å². The summed E-state index contributed by atoms with van der Waals surface area (Å²) in [7, 11) is 0. The fourth-order valence-corrected chi connectivity index (χ4v) is 23.2. The average Bonchev–Trinajstić information content (AvgIpc) is 1.61. The molecule has 0 aliphatic rings. The molecule has 31 aromatic rings. The number of nitrogens with zero attached hydrogens (tertiary/aromatic N) is 10. The number of rotatable bonds is 10. The van der Waals surface area contributed by atoms with Gasteiger partial charge in [0.05, 0.1) is 77.8 Å². The van der Waals surface area contributed by atoms with Crippen molar-refractivity contribution in [3.05, 3.63) is 485 Å². The largest absolute Gasteiger partial charge is 0.456 e. The predicted octanol–water partition coefficient (Wildman–Crippen LogP) is 35.0. The smallest absolute Gasteiger partial charge is 0.235 e. The molecule has 0 spiro atoms. The van der Waals surface area contributed by atoms with Crippen LogP contribution < -0.4 is 0 Å². The Bertz CT molecular complexity index is 10300. The zero-order chi connectivity index (χ0) is 94.6. The van der Waals surface area contributed by atoms with Crippen LogP contribution in [-0.4, -0.2) is 48.2 Å². The van der Waals surface area contributed by atoms with Gasteiger partial charge in [0.15, 0.2) is 0 Å². The molecule has 0 bridgehead atoms. The van der Waals surface area contributed by atoms with Crippen LogP contribution in [0.15, 0.2) is 490 Å². The summed E-state index contributed by atoms with van der Waals surface area (Å²) in [5.41, 5.74) is 27.3. The SMILES string of the molecule is c1ccc(-c2nc(-n3c4ccccc4c4cc5ccccc5cc43)nc3ccc(-c4ccc5c(c4)oc4ccccc45)cc23)cc1.c1ccc(-c2nc(-n3c4ccccc4c4cc5ccccc5cc43)nc3ccc(-c4ccc5c(c4)sc4ccccc45)cc23)cc1.c1ccc(-c2nc(-n3c4ccccc4c4cc5ccccc5cc43)nc3ccc(-c4ccc5c6ccccc6n(-c6ccccc6)c5c4)cc23)cc1. The van der Waals surface area contributed by atoms with Crippen LogP contribution in [0.2, 0.25) is 0 Å². The number of benzene rings is 22. The molecule has 0 unspecified atom stereocenters. The molecule has 12 heteroatoms. The number of hydrogen-bond donors (Lipinski definition) is 0. The molecule has 0 saturated heterocycles. The van der Waals surface area contributed by atoms with Crippen LogP contribution in [-0.2, 0) is 0 Å². The Hall–Kier alpha value is -19.1. The maximum absolute atomic E-state index is 6.22. The maximum atomic E-state index is 6.22. The van der Waals surface area contributed by atoms with E-state index in [4.69, 9.17) is 34.3 Å². The minimum Gasteiger partial charge on any atom is -0.456 e. The zero-order valence-electron chi connectivity index (χ0n) is 77.5. The first-order chi connectivity index (χ1) is 71.3. The van der Waals surface area contributed by atoms with E-state index in [9.17, 15) is 0 Å². The van der Waals surface area contributed by atoms with Crippen molar-refractivity contribution >= 4 is 206 Å². The predicted molar refractivity (Wildman–Crippen MR) is 601 cm³/mol. The Balaban J connectivity index is 0.000000103. The van der Waals surface area contributed by atoms with Gasteiger partial charge in [-0.25, -0.2) is 29.9 Å². The van der Waals surface area contributed by atoms with Gasteiger partial charge >= 0.3 is 0 Å². The molecule has 9 aromatic heterocycles. The molecule has 0 radical (unpaired) electrons. The molecule has 9 heterocycles. The Kier molecular flexibility index (Phi) is 19.0. The molecule has 22 aromatic carbocycles. The Morgan fingerprint density at radius 3 is 0.889 bits per heavy atom. The minimum atomic E-state index is 0.657. The molecule has 670 valence electrons. The number of fused-ring (bicyclic) bond motifs is 24. The summed E-state index contributed by atoms with van der Waals surface area (Å²) in [4.78, 5) is 31.9. The molecule has 0 saturated carbocycles. The second kappa shape index (κ2) is 33.3. The lowest BCUT2D eigenvalue weighted by molar-refractivity contribution is 0.669. The number of furan rings is 1. The van der Waals surface area contributed by atoms with Crippen LogP contribution in [0.3, 0.4) is 0 Å². The molecule has 0 aliphatic carbocycles. The van der Waals surface area contributed by atoms with Crippen molar-refractivity contribution in [3.8, 4) is 90.7 Å². The molecule has 0 N–H and O–H groups in total. The Morgan fingerprint density at radius 1 is 0.160 bits per heavy atom. The van der Waals surface area contributed by atoms with E-state index in [1.54, 1.807) is 0 Å². The van der Waals surface area contributed by atoms with Crippen LogP contribution in [0, 0.1) is 0 Å². The molecular weight excluding hydrogens is 1770 g/mol. The van der Waals surface area contributed by atoms with Crippen LogP contribution in [0.4, 0.5) is 0 Å². The third kappa shape index (κ3) is 13.6. The number of hydrogen-bond acceptors (Lipinski definition) is 8. The summed E-state index contributed by atoms with van der Waals surface area (Å²) in [6.45, 7) is 0. The van der Waals surface area contributed by atoms with Gasteiger partial charge in [-0.15, -0.1) is 11.3 Å². The molecule has 0 aliphatic heterocycles. The van der Waals surface area contributed by atoms with Gasteiger partial charge in [-0.2, -0.15) is 0 Å². The molecular formula is C132H80N10OS. The van der Waals surface area contributed by atoms with Gasteiger partial charge < -0.3 is 8.98 Å². The van der Waals surface area contributed by atoms with Crippen LogP contribution in [0.1, 0.15) is 0 Å². The highest BCUT2D eigenvalue weighted by atomic mass is 32.1. The van der Waals surface area contributed by atoms with Crippen LogP contribution in [0.25, 0.3) is 285 Å². The van der Waals surface area contributed by atoms with Crippen molar-refractivity contribution in [2.75, 3.05) is 0 Å². The molecule has 31 rings (SSSR count). The van der Waals surface area contributed by atoms with Crippen molar-refractivity contribution in [3.63, 3.8) is 0 Å². The lowest BCUT2D eigenvalue weighted by atomic mass is 9.99. The Morgan fingerprint density at radius 2 is 0.451 bits per heavy atom. The Labute approximate surface area is 828 Å². The van der Waals surface area contributed by atoms with E-state index >= 15 is 0 Å². The van der Waals surface area contributed by atoms with Gasteiger partial charge in [0, 0.05) is 113 Å². The molecule has 144 heavy (non-hydrogen) atoms. The van der Waals surface area contributed by atoms with Gasteiger partial charge in [0.2, 0.25) is 17.8 Å². The molecule has 11 nitrogen and oxygen atoms in total. The van der Waals surface area contributed by atoms with Crippen molar-refractivity contribution in [2.24, 2.45) is 0 Å². The van der Waals surface area contributed by atoms with Crippen LogP contribution >= 0.6 is 11.3 Å². The summed E-state index contributed by atoms with van der Waals surface area (Å²) < 4.78 is 17.9. The second-order valence-electron chi connectivity index (χ2n) is 37.2. The van der Waals surface area contributed by atoms with Crippen molar-refractivity contribution in [1.82, 2.24) is 48.2 Å². The third-order valence-electron chi connectivity index (χ3n) is 28.9. The molecule has 0 fully saturated rings. The zero-order valence-corrected chi connectivity index (χ0v) is 78.3. The first-order valence-electron chi connectivity index (χ1n) is 48.7. The van der Waals surface area contributed by atoms with E-state index in [1.165, 1.54) is 112 Å². The van der Waals surface area contributed by atoms with Crippen molar-refractivity contribution in [2.45, 2.75) is 0 Å². The van der Waals surface area contributed by atoms with Gasteiger partial charge in [0.25, 0.3) is 0 Å². The highest BCUT2D eigenvalue weighted by molar-refractivity contribution is 7.25. The van der Waals surface area contributed by atoms with E-state index in [0.717, 1.165) is 155 Å². The first-order valence-corrected chi connectivity index (χ1v) is 49.5. The maximum Gasteiger partial charge on any atom is 0.235 e. The molecule has 0 atom stereocenters. The summed E-state index contributed by atoms with van der Waals surface area (Å²) in [6, 6.07) is 172.